The van der Waals surface area contributed by atoms with Crippen LogP contribution in [-0.2, 0) is 11.2 Å². The number of aryl methyl sites for hydroxylation is 4. The van der Waals surface area contributed by atoms with E-state index in [0.29, 0.717) is 11.4 Å². The summed E-state index contributed by atoms with van der Waals surface area (Å²) in [4.78, 5) is 12.1. The molecule has 116 valence electrons. The summed E-state index contributed by atoms with van der Waals surface area (Å²) in [6.07, 6.45) is 2.24. The molecule has 2 aromatic carbocycles. The van der Waals surface area contributed by atoms with Gasteiger partial charge in [0.2, 0.25) is 5.91 Å². The van der Waals surface area contributed by atoms with Crippen LogP contribution < -0.4 is 5.32 Å². The minimum absolute atomic E-state index is 0.0148. The molecule has 0 spiro atoms. The molecule has 0 fully saturated rings. The van der Waals surface area contributed by atoms with Gasteiger partial charge in [-0.1, -0.05) is 47.5 Å². The molecule has 0 unspecified atom stereocenters. The average molecular weight is 316 g/mol. The van der Waals surface area contributed by atoms with Gasteiger partial charge >= 0.3 is 0 Å². The van der Waals surface area contributed by atoms with Gasteiger partial charge in [0.15, 0.2) is 0 Å². The van der Waals surface area contributed by atoms with Crippen LogP contribution in [0.4, 0.5) is 5.69 Å². The third-order valence-corrected chi connectivity index (χ3v) is 3.98. The molecule has 0 heterocycles. The van der Waals surface area contributed by atoms with Crippen molar-refractivity contribution in [1.29, 1.82) is 0 Å². The lowest BCUT2D eigenvalue weighted by atomic mass is 10.1. The van der Waals surface area contributed by atoms with Crippen LogP contribution in [0.5, 0.6) is 0 Å². The molecule has 0 radical (unpaired) electrons. The number of anilines is 1. The second kappa shape index (κ2) is 7.46. The number of benzene rings is 2. The van der Waals surface area contributed by atoms with Gasteiger partial charge in [-0.25, -0.2) is 0 Å². The molecule has 1 amide bonds. The van der Waals surface area contributed by atoms with Gasteiger partial charge < -0.3 is 5.32 Å². The number of carbonyl (C=O) groups excluding carboxylic acids is 1. The van der Waals surface area contributed by atoms with E-state index in [-0.39, 0.29) is 5.91 Å². The highest BCUT2D eigenvalue weighted by Gasteiger charge is 2.09. The quantitative estimate of drug-likeness (QED) is 0.804. The summed E-state index contributed by atoms with van der Waals surface area (Å²) >= 11 is 6.21. The standard InChI is InChI=1S/C19H22ClNO/c1-13-7-9-16(10-8-13)5-4-6-18(22)21-19-15(3)11-14(2)12-17(19)20/h7-12H,4-6H2,1-3H3,(H,21,22). The molecule has 0 saturated carbocycles. The van der Waals surface area contributed by atoms with Crippen molar-refractivity contribution in [2.24, 2.45) is 0 Å². The maximum absolute atomic E-state index is 12.1. The normalized spacial score (nSPS) is 10.5. The highest BCUT2D eigenvalue weighted by atomic mass is 35.5. The maximum atomic E-state index is 12.1. The van der Waals surface area contributed by atoms with Crippen LogP contribution in [0.15, 0.2) is 36.4 Å². The van der Waals surface area contributed by atoms with E-state index in [1.807, 2.05) is 26.0 Å². The largest absolute Gasteiger partial charge is 0.325 e. The molecule has 0 aromatic heterocycles. The number of amides is 1. The molecule has 2 nitrogen and oxygen atoms in total. The summed E-state index contributed by atoms with van der Waals surface area (Å²) in [5, 5.41) is 3.53. The third-order valence-electron chi connectivity index (χ3n) is 3.69. The van der Waals surface area contributed by atoms with Gasteiger partial charge in [-0.2, -0.15) is 0 Å². The second-order valence-electron chi connectivity index (χ2n) is 5.83. The molecule has 3 heteroatoms. The van der Waals surface area contributed by atoms with Crippen molar-refractivity contribution in [3.8, 4) is 0 Å². The van der Waals surface area contributed by atoms with Gasteiger partial charge in [-0.05, 0) is 56.4 Å². The Balaban J connectivity index is 1.87. The first-order valence-corrected chi connectivity index (χ1v) is 7.95. The summed E-state index contributed by atoms with van der Waals surface area (Å²) in [6.45, 7) is 6.03. The molecule has 2 aromatic rings. The lowest BCUT2D eigenvalue weighted by Crippen LogP contribution is -2.13. The fraction of sp³-hybridized carbons (Fsp3) is 0.316. The minimum atomic E-state index is 0.0148. The van der Waals surface area contributed by atoms with Crippen molar-refractivity contribution in [2.45, 2.75) is 40.0 Å². The smallest absolute Gasteiger partial charge is 0.224 e. The van der Waals surface area contributed by atoms with Crippen LogP contribution in [0.2, 0.25) is 5.02 Å². The Labute approximate surface area is 137 Å². The van der Waals surface area contributed by atoms with Crippen molar-refractivity contribution in [1.82, 2.24) is 0 Å². The fourth-order valence-corrected chi connectivity index (χ4v) is 2.85. The first kappa shape index (κ1) is 16.6. The van der Waals surface area contributed by atoms with Crippen LogP contribution in [0.25, 0.3) is 0 Å². The zero-order valence-electron chi connectivity index (χ0n) is 13.4. The average Bonchev–Trinajstić information content (AvgIpc) is 2.45. The Kier molecular flexibility index (Phi) is 5.62. The summed E-state index contributed by atoms with van der Waals surface area (Å²) < 4.78 is 0. The first-order chi connectivity index (χ1) is 10.5. The van der Waals surface area contributed by atoms with Gasteiger partial charge in [-0.3, -0.25) is 4.79 Å². The summed E-state index contributed by atoms with van der Waals surface area (Å²) in [6, 6.07) is 12.3. The van der Waals surface area contributed by atoms with E-state index in [2.05, 4.69) is 36.5 Å². The Morgan fingerprint density at radius 2 is 1.73 bits per heavy atom. The molecule has 0 atom stereocenters. The van der Waals surface area contributed by atoms with Crippen molar-refractivity contribution >= 4 is 23.2 Å². The van der Waals surface area contributed by atoms with E-state index < -0.39 is 0 Å². The third kappa shape index (κ3) is 4.60. The number of rotatable bonds is 5. The van der Waals surface area contributed by atoms with Crippen LogP contribution in [0.1, 0.15) is 35.1 Å². The minimum Gasteiger partial charge on any atom is -0.325 e. The molecule has 0 aliphatic carbocycles. The summed E-state index contributed by atoms with van der Waals surface area (Å²) in [7, 11) is 0. The van der Waals surface area contributed by atoms with Gasteiger partial charge in [-0.15, -0.1) is 0 Å². The van der Waals surface area contributed by atoms with Gasteiger partial charge in [0.25, 0.3) is 0 Å². The van der Waals surface area contributed by atoms with Crippen LogP contribution in [0, 0.1) is 20.8 Å². The van der Waals surface area contributed by atoms with Crippen LogP contribution in [-0.4, -0.2) is 5.91 Å². The van der Waals surface area contributed by atoms with E-state index in [4.69, 9.17) is 11.6 Å². The molecule has 0 saturated heterocycles. The second-order valence-corrected chi connectivity index (χ2v) is 6.23. The topological polar surface area (TPSA) is 29.1 Å². The van der Waals surface area contributed by atoms with Crippen molar-refractivity contribution < 1.29 is 4.79 Å². The predicted octanol–water partition coefficient (Wildman–Crippen LogP) is 5.23. The van der Waals surface area contributed by atoms with Crippen molar-refractivity contribution in [2.75, 3.05) is 5.32 Å². The number of carbonyl (C=O) groups is 1. The van der Waals surface area contributed by atoms with E-state index in [0.717, 1.165) is 29.7 Å². The Bertz CT molecular complexity index is 639. The van der Waals surface area contributed by atoms with Gasteiger partial charge in [0, 0.05) is 6.42 Å². The van der Waals surface area contributed by atoms with E-state index >= 15 is 0 Å². The lowest BCUT2D eigenvalue weighted by Gasteiger charge is -2.11. The number of nitrogens with one attached hydrogen (secondary N) is 1. The van der Waals surface area contributed by atoms with Crippen molar-refractivity contribution in [3.63, 3.8) is 0 Å². The highest BCUT2D eigenvalue weighted by molar-refractivity contribution is 6.34. The number of halogens is 1. The molecular weight excluding hydrogens is 294 g/mol. The fourth-order valence-electron chi connectivity index (χ4n) is 2.48. The molecule has 0 aliphatic heterocycles. The van der Waals surface area contributed by atoms with Crippen LogP contribution >= 0.6 is 11.6 Å². The van der Waals surface area contributed by atoms with Gasteiger partial charge in [0.05, 0.1) is 10.7 Å². The Hall–Kier alpha value is -1.80. The number of hydrogen-bond donors (Lipinski definition) is 1. The lowest BCUT2D eigenvalue weighted by molar-refractivity contribution is -0.116. The Morgan fingerprint density at radius 1 is 1.05 bits per heavy atom. The molecule has 22 heavy (non-hydrogen) atoms. The molecule has 1 N–H and O–H groups in total. The Morgan fingerprint density at radius 3 is 2.36 bits per heavy atom. The summed E-state index contributed by atoms with van der Waals surface area (Å²) in [5.74, 6) is 0.0148. The molecule has 0 aliphatic rings. The molecule has 2 rings (SSSR count). The zero-order chi connectivity index (χ0) is 16.1. The zero-order valence-corrected chi connectivity index (χ0v) is 14.1. The van der Waals surface area contributed by atoms with Crippen molar-refractivity contribution in [3.05, 3.63) is 63.7 Å². The molecule has 0 bridgehead atoms. The summed E-state index contributed by atoms with van der Waals surface area (Å²) in [5.41, 5.74) is 5.35. The van der Waals surface area contributed by atoms with Gasteiger partial charge in [0.1, 0.15) is 0 Å². The maximum Gasteiger partial charge on any atom is 0.224 e. The van der Waals surface area contributed by atoms with E-state index in [1.54, 1.807) is 0 Å². The highest BCUT2D eigenvalue weighted by Crippen LogP contribution is 2.27. The SMILES string of the molecule is Cc1ccc(CCCC(=O)Nc2c(C)cc(C)cc2Cl)cc1. The van der Waals surface area contributed by atoms with Crippen LogP contribution in [0.3, 0.4) is 0 Å². The number of hydrogen-bond acceptors (Lipinski definition) is 1. The van der Waals surface area contributed by atoms with E-state index in [1.165, 1.54) is 11.1 Å². The predicted molar refractivity (Wildman–Crippen MR) is 93.7 cm³/mol. The monoisotopic (exact) mass is 315 g/mol. The first-order valence-electron chi connectivity index (χ1n) is 7.58. The molecular formula is C19H22ClNO. The van der Waals surface area contributed by atoms with E-state index in [9.17, 15) is 4.79 Å².